The molecule has 0 saturated heterocycles. The highest BCUT2D eigenvalue weighted by molar-refractivity contribution is 7.15. The van der Waals surface area contributed by atoms with Gasteiger partial charge in [-0.3, -0.25) is 0 Å². The summed E-state index contributed by atoms with van der Waals surface area (Å²) in [6, 6.07) is 20.4. The summed E-state index contributed by atoms with van der Waals surface area (Å²) in [5.74, 6) is 0. The molecule has 2 aromatic carbocycles. The van der Waals surface area contributed by atoms with Crippen LogP contribution < -0.4 is 0 Å². The van der Waals surface area contributed by atoms with Crippen molar-refractivity contribution in [3.05, 3.63) is 70.7 Å². The van der Waals surface area contributed by atoms with Gasteiger partial charge in [0.25, 0.3) is 0 Å². The first-order valence-corrected chi connectivity index (χ1v) is 10.3. The highest BCUT2D eigenvalue weighted by Crippen LogP contribution is 2.25. The van der Waals surface area contributed by atoms with Gasteiger partial charge in [0.05, 0.1) is 0 Å². The van der Waals surface area contributed by atoms with Crippen LogP contribution in [-0.4, -0.2) is 20.4 Å². The van der Waals surface area contributed by atoms with Crippen molar-refractivity contribution >= 4 is 22.7 Å². The first kappa shape index (κ1) is 17.0. The Morgan fingerprint density at radius 3 is 1.38 bits per heavy atom. The van der Waals surface area contributed by atoms with Gasteiger partial charge in [0.1, 0.15) is 20.0 Å². The largest absolute Gasteiger partial charge is 0.147 e. The van der Waals surface area contributed by atoms with E-state index in [1.54, 1.807) is 22.7 Å². The molecule has 26 heavy (non-hydrogen) atoms. The molecular formula is C20H18N4S2. The maximum absolute atomic E-state index is 4.32. The van der Waals surface area contributed by atoms with Crippen LogP contribution in [0.5, 0.6) is 0 Å². The van der Waals surface area contributed by atoms with E-state index in [0.29, 0.717) is 0 Å². The van der Waals surface area contributed by atoms with Gasteiger partial charge in [-0.15, -0.1) is 20.4 Å². The van der Waals surface area contributed by atoms with Crippen LogP contribution in [0.15, 0.2) is 60.7 Å². The molecule has 4 rings (SSSR count). The van der Waals surface area contributed by atoms with Crippen LogP contribution in [-0.2, 0) is 12.8 Å². The molecular weight excluding hydrogens is 360 g/mol. The van der Waals surface area contributed by atoms with E-state index in [0.717, 1.165) is 56.8 Å². The third-order valence-corrected chi connectivity index (χ3v) is 6.07. The summed E-state index contributed by atoms with van der Waals surface area (Å²) in [6.45, 7) is 0. The van der Waals surface area contributed by atoms with Crippen LogP contribution in [0.4, 0.5) is 0 Å². The van der Waals surface area contributed by atoms with Crippen molar-refractivity contribution in [3.63, 3.8) is 0 Å². The van der Waals surface area contributed by atoms with Crippen molar-refractivity contribution in [2.45, 2.75) is 25.7 Å². The number of aromatic nitrogens is 4. The Morgan fingerprint density at radius 2 is 0.962 bits per heavy atom. The quantitative estimate of drug-likeness (QED) is 0.410. The van der Waals surface area contributed by atoms with Gasteiger partial charge >= 0.3 is 0 Å². The van der Waals surface area contributed by atoms with Crippen molar-refractivity contribution in [1.82, 2.24) is 20.4 Å². The number of rotatable bonds is 7. The van der Waals surface area contributed by atoms with Crippen molar-refractivity contribution in [3.8, 4) is 21.1 Å². The predicted molar refractivity (Wildman–Crippen MR) is 107 cm³/mol. The molecule has 0 aliphatic carbocycles. The zero-order chi connectivity index (χ0) is 17.6. The van der Waals surface area contributed by atoms with Crippen molar-refractivity contribution in [2.24, 2.45) is 0 Å². The van der Waals surface area contributed by atoms with Crippen LogP contribution in [0.2, 0.25) is 0 Å². The van der Waals surface area contributed by atoms with Gasteiger partial charge in [-0.25, -0.2) is 0 Å². The fourth-order valence-electron chi connectivity index (χ4n) is 2.66. The van der Waals surface area contributed by atoms with E-state index in [1.807, 2.05) is 36.4 Å². The van der Waals surface area contributed by atoms with Gasteiger partial charge in [-0.05, 0) is 12.8 Å². The number of unbranched alkanes of at least 4 members (excludes halogenated alkanes) is 1. The standard InChI is InChI=1S/C20H18N4S2/c1-3-9-15(10-4-1)19-23-21-17(25-19)13-7-8-14-18-22-24-20(26-18)16-11-5-2-6-12-16/h1-6,9-12H,7-8,13-14H2. The Labute approximate surface area is 160 Å². The van der Waals surface area contributed by atoms with Crippen molar-refractivity contribution < 1.29 is 0 Å². The van der Waals surface area contributed by atoms with Crippen LogP contribution in [0, 0.1) is 0 Å². The fraction of sp³-hybridized carbons (Fsp3) is 0.200. The smallest absolute Gasteiger partial charge is 0.143 e. The minimum absolute atomic E-state index is 0.967. The monoisotopic (exact) mass is 378 g/mol. The van der Waals surface area contributed by atoms with E-state index >= 15 is 0 Å². The highest BCUT2D eigenvalue weighted by atomic mass is 32.1. The second-order valence-corrected chi connectivity index (χ2v) is 8.07. The van der Waals surface area contributed by atoms with Gasteiger partial charge in [0, 0.05) is 24.0 Å². The summed E-state index contributed by atoms with van der Waals surface area (Å²) in [7, 11) is 0. The molecule has 0 bridgehead atoms. The van der Waals surface area contributed by atoms with Gasteiger partial charge in [0.2, 0.25) is 0 Å². The van der Waals surface area contributed by atoms with E-state index in [4.69, 9.17) is 0 Å². The van der Waals surface area contributed by atoms with Gasteiger partial charge in [0.15, 0.2) is 0 Å². The number of aryl methyl sites for hydroxylation is 2. The molecule has 0 atom stereocenters. The van der Waals surface area contributed by atoms with Crippen LogP contribution in [0.3, 0.4) is 0 Å². The maximum Gasteiger partial charge on any atom is 0.147 e. The van der Waals surface area contributed by atoms with E-state index in [2.05, 4.69) is 44.7 Å². The fourth-order valence-corrected chi connectivity index (χ4v) is 4.43. The first-order chi connectivity index (χ1) is 12.9. The zero-order valence-corrected chi connectivity index (χ0v) is 15.8. The molecule has 0 aliphatic heterocycles. The average Bonchev–Trinajstić information content (AvgIpc) is 3.37. The second kappa shape index (κ2) is 8.29. The third kappa shape index (κ3) is 4.20. The maximum atomic E-state index is 4.32. The van der Waals surface area contributed by atoms with Gasteiger partial charge in [-0.2, -0.15) is 0 Å². The lowest BCUT2D eigenvalue weighted by atomic mass is 10.2. The SMILES string of the molecule is c1ccc(-c2nnc(CCCCc3nnc(-c4ccccc4)s3)s2)cc1. The second-order valence-electron chi connectivity index (χ2n) is 5.94. The molecule has 0 spiro atoms. The Bertz CT molecular complexity index is 868. The molecule has 0 unspecified atom stereocenters. The predicted octanol–water partition coefficient (Wildman–Crippen LogP) is 5.29. The normalized spacial score (nSPS) is 10.9. The number of benzene rings is 2. The molecule has 0 fully saturated rings. The molecule has 130 valence electrons. The number of hydrogen-bond acceptors (Lipinski definition) is 6. The van der Waals surface area contributed by atoms with E-state index in [9.17, 15) is 0 Å². The van der Waals surface area contributed by atoms with E-state index < -0.39 is 0 Å². The molecule has 0 radical (unpaired) electrons. The Hall–Kier alpha value is -2.44. The van der Waals surface area contributed by atoms with Gasteiger partial charge < -0.3 is 0 Å². The number of hydrogen-bond donors (Lipinski definition) is 0. The van der Waals surface area contributed by atoms with Crippen LogP contribution in [0.1, 0.15) is 22.9 Å². The summed E-state index contributed by atoms with van der Waals surface area (Å²) in [6.07, 6.45) is 4.11. The lowest BCUT2D eigenvalue weighted by molar-refractivity contribution is 0.718. The van der Waals surface area contributed by atoms with E-state index in [1.165, 1.54) is 0 Å². The molecule has 0 saturated carbocycles. The molecule has 0 N–H and O–H groups in total. The van der Waals surface area contributed by atoms with Gasteiger partial charge in [-0.1, -0.05) is 83.3 Å². The summed E-state index contributed by atoms with van der Waals surface area (Å²) in [4.78, 5) is 0. The molecule has 6 heteroatoms. The molecule has 4 nitrogen and oxygen atoms in total. The van der Waals surface area contributed by atoms with Crippen LogP contribution in [0.25, 0.3) is 21.1 Å². The Morgan fingerprint density at radius 1 is 0.538 bits per heavy atom. The lowest BCUT2D eigenvalue weighted by Crippen LogP contribution is -1.88. The Kier molecular flexibility index (Phi) is 5.42. The Balaban J connectivity index is 1.27. The molecule has 4 aromatic rings. The van der Waals surface area contributed by atoms with Crippen LogP contribution >= 0.6 is 22.7 Å². The summed E-state index contributed by atoms with van der Waals surface area (Å²) in [5, 5.41) is 21.5. The minimum Gasteiger partial charge on any atom is -0.143 e. The van der Waals surface area contributed by atoms with Crippen molar-refractivity contribution in [2.75, 3.05) is 0 Å². The lowest BCUT2D eigenvalue weighted by Gasteiger charge is -1.95. The molecule has 2 heterocycles. The first-order valence-electron chi connectivity index (χ1n) is 8.64. The zero-order valence-electron chi connectivity index (χ0n) is 14.2. The minimum atomic E-state index is 0.967. The third-order valence-electron chi connectivity index (χ3n) is 4.01. The highest BCUT2D eigenvalue weighted by Gasteiger charge is 2.08. The summed E-state index contributed by atoms with van der Waals surface area (Å²) < 4.78 is 0. The summed E-state index contributed by atoms with van der Waals surface area (Å²) in [5.41, 5.74) is 2.28. The summed E-state index contributed by atoms with van der Waals surface area (Å²) >= 11 is 3.37. The number of nitrogens with zero attached hydrogens (tertiary/aromatic N) is 4. The average molecular weight is 379 g/mol. The topological polar surface area (TPSA) is 51.6 Å². The van der Waals surface area contributed by atoms with Crippen molar-refractivity contribution in [1.29, 1.82) is 0 Å². The molecule has 0 amide bonds. The molecule has 0 aliphatic rings. The van der Waals surface area contributed by atoms with E-state index in [-0.39, 0.29) is 0 Å². The molecule has 2 aromatic heterocycles.